The first-order valence-corrected chi connectivity index (χ1v) is 8.26. The van der Waals surface area contributed by atoms with Crippen LogP contribution in [0.3, 0.4) is 0 Å². The van der Waals surface area contributed by atoms with Crippen molar-refractivity contribution in [3.63, 3.8) is 0 Å². The lowest BCUT2D eigenvalue weighted by atomic mass is 10.1. The van der Waals surface area contributed by atoms with Crippen LogP contribution in [0.5, 0.6) is 0 Å². The number of aromatic nitrogens is 2. The van der Waals surface area contributed by atoms with Crippen LogP contribution in [0.15, 0.2) is 36.4 Å². The summed E-state index contributed by atoms with van der Waals surface area (Å²) in [6.07, 6.45) is 2.12. The van der Waals surface area contributed by atoms with Crippen LogP contribution in [0.2, 0.25) is 0 Å². The second-order valence-electron chi connectivity index (χ2n) is 5.84. The van der Waals surface area contributed by atoms with E-state index in [-0.39, 0.29) is 0 Å². The molecular weight excluding hydrogens is 286 g/mol. The summed E-state index contributed by atoms with van der Waals surface area (Å²) in [7, 11) is 4.18. The van der Waals surface area contributed by atoms with Gasteiger partial charge in [-0.05, 0) is 33.5 Å². The molecule has 0 radical (unpaired) electrons. The van der Waals surface area contributed by atoms with Crippen molar-refractivity contribution >= 4 is 11.8 Å². The Morgan fingerprint density at radius 3 is 2.48 bits per heavy atom. The molecule has 0 saturated carbocycles. The van der Waals surface area contributed by atoms with E-state index in [0.29, 0.717) is 5.95 Å². The first-order chi connectivity index (χ1) is 11.2. The van der Waals surface area contributed by atoms with E-state index in [2.05, 4.69) is 58.7 Å². The molecule has 23 heavy (non-hydrogen) atoms. The van der Waals surface area contributed by atoms with Gasteiger partial charge in [-0.15, -0.1) is 0 Å². The minimum Gasteiger partial charge on any atom is -0.370 e. The monoisotopic (exact) mass is 313 g/mol. The third-order valence-corrected chi connectivity index (χ3v) is 3.42. The number of rotatable bonds is 9. The minimum absolute atomic E-state index is 0.684. The number of anilines is 2. The molecule has 0 aliphatic rings. The quantitative estimate of drug-likeness (QED) is 0.696. The van der Waals surface area contributed by atoms with Crippen molar-refractivity contribution in [2.75, 3.05) is 44.4 Å². The van der Waals surface area contributed by atoms with Gasteiger partial charge >= 0.3 is 0 Å². The molecule has 1 heterocycles. The Kier molecular flexibility index (Phi) is 6.81. The molecule has 0 aliphatic carbocycles. The van der Waals surface area contributed by atoms with Crippen molar-refractivity contribution in [3.8, 4) is 11.3 Å². The molecule has 0 aliphatic heterocycles. The van der Waals surface area contributed by atoms with Gasteiger partial charge < -0.3 is 15.5 Å². The Morgan fingerprint density at radius 1 is 1.00 bits per heavy atom. The Morgan fingerprint density at radius 2 is 1.78 bits per heavy atom. The minimum atomic E-state index is 0.684. The predicted octanol–water partition coefficient (Wildman–Crippen LogP) is 3.33. The Labute approximate surface area is 139 Å². The highest BCUT2D eigenvalue weighted by atomic mass is 15.1. The fourth-order valence-electron chi connectivity index (χ4n) is 2.22. The number of benzene rings is 1. The molecule has 5 nitrogen and oxygen atoms in total. The maximum absolute atomic E-state index is 4.63. The molecule has 1 aromatic heterocycles. The first-order valence-electron chi connectivity index (χ1n) is 8.26. The molecular formula is C18H27N5. The zero-order valence-corrected chi connectivity index (χ0v) is 14.3. The Hall–Kier alpha value is -2.14. The van der Waals surface area contributed by atoms with Crippen molar-refractivity contribution < 1.29 is 0 Å². The van der Waals surface area contributed by atoms with Gasteiger partial charge in [0.15, 0.2) is 0 Å². The maximum atomic E-state index is 4.63. The van der Waals surface area contributed by atoms with Crippen LogP contribution in [0.1, 0.15) is 19.8 Å². The van der Waals surface area contributed by atoms with E-state index in [1.807, 2.05) is 24.3 Å². The predicted molar refractivity (Wildman–Crippen MR) is 97.9 cm³/mol. The van der Waals surface area contributed by atoms with Gasteiger partial charge in [0, 0.05) is 24.7 Å². The van der Waals surface area contributed by atoms with Gasteiger partial charge in [0.25, 0.3) is 0 Å². The molecule has 0 unspecified atom stereocenters. The lowest BCUT2D eigenvalue weighted by Crippen LogP contribution is -2.17. The third-order valence-electron chi connectivity index (χ3n) is 3.42. The molecule has 124 valence electrons. The van der Waals surface area contributed by atoms with Gasteiger partial charge in [-0.3, -0.25) is 0 Å². The molecule has 5 heteroatoms. The summed E-state index contributed by atoms with van der Waals surface area (Å²) in [6.45, 7) is 4.97. The van der Waals surface area contributed by atoms with Crippen LogP contribution in [0.4, 0.5) is 11.8 Å². The van der Waals surface area contributed by atoms with E-state index in [1.54, 1.807) is 0 Å². The van der Waals surface area contributed by atoms with Gasteiger partial charge in [-0.2, -0.15) is 4.98 Å². The fourth-order valence-corrected chi connectivity index (χ4v) is 2.22. The van der Waals surface area contributed by atoms with Crippen molar-refractivity contribution in [1.29, 1.82) is 0 Å². The van der Waals surface area contributed by atoms with Crippen molar-refractivity contribution in [3.05, 3.63) is 36.4 Å². The zero-order chi connectivity index (χ0) is 16.5. The normalized spacial score (nSPS) is 10.8. The summed E-state index contributed by atoms with van der Waals surface area (Å²) in [4.78, 5) is 11.4. The van der Waals surface area contributed by atoms with Crippen LogP contribution < -0.4 is 10.6 Å². The highest BCUT2D eigenvalue weighted by Gasteiger charge is 2.06. The van der Waals surface area contributed by atoms with E-state index < -0.39 is 0 Å². The van der Waals surface area contributed by atoms with Gasteiger partial charge in [-0.25, -0.2) is 4.98 Å². The second-order valence-corrected chi connectivity index (χ2v) is 5.84. The number of hydrogen-bond acceptors (Lipinski definition) is 5. The average molecular weight is 313 g/mol. The summed E-state index contributed by atoms with van der Waals surface area (Å²) in [5, 5.41) is 6.69. The Balaban J connectivity index is 2.13. The van der Waals surface area contributed by atoms with Gasteiger partial charge in [-0.1, -0.05) is 37.3 Å². The third kappa shape index (κ3) is 5.87. The molecule has 2 aromatic rings. The lowest BCUT2D eigenvalue weighted by molar-refractivity contribution is 0.405. The molecule has 0 amide bonds. The number of nitrogens with zero attached hydrogens (tertiary/aromatic N) is 3. The van der Waals surface area contributed by atoms with E-state index >= 15 is 0 Å². The van der Waals surface area contributed by atoms with E-state index in [9.17, 15) is 0 Å². The van der Waals surface area contributed by atoms with Crippen LogP contribution in [-0.2, 0) is 0 Å². The van der Waals surface area contributed by atoms with Crippen molar-refractivity contribution in [2.24, 2.45) is 0 Å². The Bertz CT molecular complexity index is 583. The molecule has 0 atom stereocenters. The topological polar surface area (TPSA) is 53.1 Å². The van der Waals surface area contributed by atoms with Crippen LogP contribution >= 0.6 is 0 Å². The van der Waals surface area contributed by atoms with Gasteiger partial charge in [0.05, 0.1) is 5.69 Å². The summed E-state index contributed by atoms with van der Waals surface area (Å²) in [5.41, 5.74) is 2.04. The lowest BCUT2D eigenvalue weighted by Gasteiger charge is -2.12. The van der Waals surface area contributed by atoms with Gasteiger partial charge in [0.2, 0.25) is 5.95 Å². The summed E-state index contributed by atoms with van der Waals surface area (Å²) < 4.78 is 0. The molecule has 0 saturated heterocycles. The number of hydrogen-bond donors (Lipinski definition) is 2. The second kappa shape index (κ2) is 9.10. The smallest absolute Gasteiger partial charge is 0.225 e. The van der Waals surface area contributed by atoms with Crippen molar-refractivity contribution in [2.45, 2.75) is 19.8 Å². The van der Waals surface area contributed by atoms with Crippen LogP contribution in [-0.4, -0.2) is 48.6 Å². The largest absolute Gasteiger partial charge is 0.370 e. The van der Waals surface area contributed by atoms with Crippen LogP contribution in [0, 0.1) is 0 Å². The summed E-state index contributed by atoms with van der Waals surface area (Å²) in [6, 6.07) is 12.2. The summed E-state index contributed by atoms with van der Waals surface area (Å²) in [5.74, 6) is 1.56. The SMILES string of the molecule is CCCNc1nc(NCCCN(C)C)cc(-c2ccccc2)n1. The number of nitrogens with one attached hydrogen (secondary N) is 2. The van der Waals surface area contributed by atoms with E-state index in [4.69, 9.17) is 0 Å². The standard InChI is InChI=1S/C18H27N5/c1-4-11-20-18-21-16(15-9-6-5-7-10-15)14-17(22-18)19-12-8-13-23(2)3/h5-7,9-10,14H,4,8,11-13H2,1-3H3,(H2,19,20,21,22). The molecule has 1 aromatic carbocycles. The van der Waals surface area contributed by atoms with E-state index in [1.165, 1.54) is 0 Å². The highest BCUT2D eigenvalue weighted by Crippen LogP contribution is 2.21. The fraction of sp³-hybridized carbons (Fsp3) is 0.444. The van der Waals surface area contributed by atoms with E-state index in [0.717, 1.165) is 49.6 Å². The molecule has 0 bridgehead atoms. The van der Waals surface area contributed by atoms with Gasteiger partial charge in [0.1, 0.15) is 5.82 Å². The van der Waals surface area contributed by atoms with Crippen LogP contribution in [0.25, 0.3) is 11.3 Å². The average Bonchev–Trinajstić information content (AvgIpc) is 2.57. The first kappa shape index (κ1) is 17.2. The highest BCUT2D eigenvalue weighted by molar-refractivity contribution is 5.64. The summed E-state index contributed by atoms with van der Waals surface area (Å²) >= 11 is 0. The molecule has 0 fully saturated rings. The van der Waals surface area contributed by atoms with Crippen molar-refractivity contribution in [1.82, 2.24) is 14.9 Å². The zero-order valence-electron chi connectivity index (χ0n) is 14.3. The maximum Gasteiger partial charge on any atom is 0.225 e. The molecule has 2 rings (SSSR count). The molecule has 2 N–H and O–H groups in total. The molecule has 0 spiro atoms.